The first-order valence-corrected chi connectivity index (χ1v) is 8.07. The molecule has 0 saturated heterocycles. The van der Waals surface area contributed by atoms with Gasteiger partial charge in [0.2, 0.25) is 0 Å². The molecule has 0 aliphatic heterocycles. The van der Waals surface area contributed by atoms with Crippen LogP contribution in [-0.2, 0) is 0 Å². The van der Waals surface area contributed by atoms with Gasteiger partial charge in [0.25, 0.3) is 0 Å². The Kier molecular flexibility index (Phi) is 5.77. The van der Waals surface area contributed by atoms with Gasteiger partial charge in [-0.05, 0) is 41.8 Å². The van der Waals surface area contributed by atoms with E-state index in [-0.39, 0.29) is 6.10 Å². The Bertz CT molecular complexity index is 559. The molecule has 0 N–H and O–H groups in total. The molecule has 0 aromatic carbocycles. The average molecular weight is 337 g/mol. The van der Waals surface area contributed by atoms with Crippen molar-refractivity contribution in [3.8, 4) is 5.75 Å². The third-order valence-electron chi connectivity index (χ3n) is 3.30. The third-order valence-corrected chi connectivity index (χ3v) is 3.73. The number of unbranched alkanes of at least 4 members (excludes halogenated alkanes) is 3. The summed E-state index contributed by atoms with van der Waals surface area (Å²) in [6.45, 7) is 4.35. The lowest BCUT2D eigenvalue weighted by Gasteiger charge is -2.15. The quantitative estimate of drug-likeness (QED) is 0.657. The molecule has 2 heterocycles. The van der Waals surface area contributed by atoms with Crippen molar-refractivity contribution in [2.24, 2.45) is 0 Å². The van der Waals surface area contributed by atoms with Crippen LogP contribution in [0.3, 0.4) is 0 Å². The Hall–Kier alpha value is -1.16. The number of halogens is 1. The molecule has 108 valence electrons. The smallest absolute Gasteiger partial charge is 0.149 e. The van der Waals surface area contributed by atoms with Gasteiger partial charge >= 0.3 is 0 Å². The Morgan fingerprint density at radius 3 is 2.90 bits per heavy atom. The number of aromatic nitrogens is 2. The summed E-state index contributed by atoms with van der Waals surface area (Å²) in [5.41, 5.74) is 1.69. The predicted octanol–water partition coefficient (Wildman–Crippen LogP) is 5.13. The fourth-order valence-corrected chi connectivity index (χ4v) is 2.53. The maximum absolute atomic E-state index is 6.03. The summed E-state index contributed by atoms with van der Waals surface area (Å²) in [5.74, 6) is 0.825. The molecule has 0 fully saturated rings. The Balaban J connectivity index is 2.02. The second-order valence-electron chi connectivity index (χ2n) is 5.11. The molecule has 4 heteroatoms. The fraction of sp³-hybridized carbons (Fsp3) is 0.500. The molecule has 0 aliphatic rings. The van der Waals surface area contributed by atoms with Crippen LogP contribution in [0.1, 0.15) is 46.0 Å². The minimum absolute atomic E-state index is 0.211. The van der Waals surface area contributed by atoms with Crippen LogP contribution >= 0.6 is 15.9 Å². The minimum atomic E-state index is 0.211. The van der Waals surface area contributed by atoms with Crippen LogP contribution in [0.5, 0.6) is 5.75 Å². The molecule has 1 unspecified atom stereocenters. The van der Waals surface area contributed by atoms with Crippen molar-refractivity contribution in [3.05, 3.63) is 29.0 Å². The van der Waals surface area contributed by atoms with E-state index in [2.05, 4.69) is 39.7 Å². The van der Waals surface area contributed by atoms with Gasteiger partial charge < -0.3 is 4.74 Å². The van der Waals surface area contributed by atoms with Crippen LogP contribution in [0, 0.1) is 0 Å². The zero-order valence-corrected chi connectivity index (χ0v) is 13.7. The van der Waals surface area contributed by atoms with Crippen molar-refractivity contribution in [3.63, 3.8) is 0 Å². The molecule has 0 saturated carbocycles. The fourth-order valence-electron chi connectivity index (χ4n) is 2.21. The topological polar surface area (TPSA) is 35.0 Å². The highest BCUT2D eigenvalue weighted by Crippen LogP contribution is 2.25. The van der Waals surface area contributed by atoms with E-state index in [4.69, 9.17) is 4.74 Å². The third kappa shape index (κ3) is 4.17. The van der Waals surface area contributed by atoms with E-state index in [0.29, 0.717) is 0 Å². The SMILES string of the molecule is CCCCCCC(C)Oc1ccnc2cc(Br)cnc12. The van der Waals surface area contributed by atoms with E-state index < -0.39 is 0 Å². The highest BCUT2D eigenvalue weighted by Gasteiger charge is 2.09. The largest absolute Gasteiger partial charge is 0.488 e. The molecule has 0 spiro atoms. The number of pyridine rings is 2. The zero-order chi connectivity index (χ0) is 14.4. The first kappa shape index (κ1) is 15.2. The molecule has 3 nitrogen and oxygen atoms in total. The van der Waals surface area contributed by atoms with Gasteiger partial charge in [0.05, 0.1) is 11.6 Å². The predicted molar refractivity (Wildman–Crippen MR) is 86.1 cm³/mol. The maximum Gasteiger partial charge on any atom is 0.149 e. The molecule has 0 amide bonds. The lowest BCUT2D eigenvalue weighted by molar-refractivity contribution is 0.208. The van der Waals surface area contributed by atoms with Crippen LogP contribution in [0.25, 0.3) is 11.0 Å². The molecule has 0 bridgehead atoms. The van der Waals surface area contributed by atoms with Gasteiger partial charge in [0, 0.05) is 22.9 Å². The minimum Gasteiger partial charge on any atom is -0.488 e. The van der Waals surface area contributed by atoms with Crippen LogP contribution < -0.4 is 4.74 Å². The second kappa shape index (κ2) is 7.58. The van der Waals surface area contributed by atoms with Crippen molar-refractivity contribution in [1.82, 2.24) is 9.97 Å². The number of ether oxygens (including phenoxy) is 1. The van der Waals surface area contributed by atoms with Gasteiger partial charge in [0.1, 0.15) is 11.3 Å². The normalized spacial score (nSPS) is 12.6. The lowest BCUT2D eigenvalue weighted by Crippen LogP contribution is -2.12. The van der Waals surface area contributed by atoms with Crippen molar-refractivity contribution >= 4 is 27.0 Å². The summed E-state index contributed by atoms with van der Waals surface area (Å²) in [4.78, 5) is 8.73. The first-order valence-electron chi connectivity index (χ1n) is 7.27. The highest BCUT2D eigenvalue weighted by atomic mass is 79.9. The molecule has 2 rings (SSSR count). The van der Waals surface area contributed by atoms with Gasteiger partial charge in [-0.3, -0.25) is 4.98 Å². The molecule has 2 aromatic rings. The van der Waals surface area contributed by atoms with Gasteiger partial charge in [-0.25, -0.2) is 4.98 Å². The van der Waals surface area contributed by atoms with Crippen molar-refractivity contribution in [2.45, 2.75) is 52.1 Å². The average Bonchev–Trinajstić information content (AvgIpc) is 2.43. The van der Waals surface area contributed by atoms with Crippen LogP contribution in [0.15, 0.2) is 29.0 Å². The molecule has 1 atom stereocenters. The summed E-state index contributed by atoms with van der Waals surface area (Å²) in [6, 6.07) is 3.85. The number of fused-ring (bicyclic) bond motifs is 1. The summed E-state index contributed by atoms with van der Waals surface area (Å²) in [7, 11) is 0. The first-order chi connectivity index (χ1) is 9.70. The number of hydrogen-bond donors (Lipinski definition) is 0. The van der Waals surface area contributed by atoms with E-state index in [1.165, 1.54) is 25.7 Å². The van der Waals surface area contributed by atoms with Crippen LogP contribution in [-0.4, -0.2) is 16.1 Å². The number of nitrogens with zero attached hydrogens (tertiary/aromatic N) is 2. The van der Waals surface area contributed by atoms with Gasteiger partial charge in [-0.1, -0.05) is 26.2 Å². The Labute approximate surface area is 128 Å². The van der Waals surface area contributed by atoms with E-state index in [0.717, 1.165) is 27.7 Å². The molecular weight excluding hydrogens is 316 g/mol. The standard InChI is InChI=1S/C16H21BrN2O/c1-3-4-5-6-7-12(2)20-15-8-9-18-14-10-13(17)11-19-16(14)15/h8-12H,3-7H2,1-2H3. The maximum atomic E-state index is 6.03. The van der Waals surface area contributed by atoms with E-state index in [1.54, 1.807) is 12.4 Å². The van der Waals surface area contributed by atoms with Gasteiger partial charge in [0.15, 0.2) is 0 Å². The lowest BCUT2D eigenvalue weighted by atomic mass is 10.1. The highest BCUT2D eigenvalue weighted by molar-refractivity contribution is 9.10. The molecule has 2 aromatic heterocycles. The van der Waals surface area contributed by atoms with E-state index in [1.807, 2.05) is 12.1 Å². The molecule has 20 heavy (non-hydrogen) atoms. The number of hydrogen-bond acceptors (Lipinski definition) is 3. The molecule has 0 radical (unpaired) electrons. The summed E-state index contributed by atoms with van der Waals surface area (Å²) < 4.78 is 6.96. The summed E-state index contributed by atoms with van der Waals surface area (Å²) >= 11 is 3.41. The Morgan fingerprint density at radius 1 is 1.25 bits per heavy atom. The van der Waals surface area contributed by atoms with Gasteiger partial charge in [-0.2, -0.15) is 0 Å². The van der Waals surface area contributed by atoms with Crippen LogP contribution in [0.2, 0.25) is 0 Å². The van der Waals surface area contributed by atoms with E-state index in [9.17, 15) is 0 Å². The molecule has 0 aliphatic carbocycles. The van der Waals surface area contributed by atoms with Crippen LogP contribution in [0.4, 0.5) is 0 Å². The zero-order valence-electron chi connectivity index (χ0n) is 12.1. The van der Waals surface area contributed by atoms with Crippen molar-refractivity contribution < 1.29 is 4.74 Å². The number of rotatable bonds is 7. The molecular formula is C16H21BrN2O. The van der Waals surface area contributed by atoms with Crippen molar-refractivity contribution in [1.29, 1.82) is 0 Å². The monoisotopic (exact) mass is 336 g/mol. The summed E-state index contributed by atoms with van der Waals surface area (Å²) in [5, 5.41) is 0. The summed E-state index contributed by atoms with van der Waals surface area (Å²) in [6.07, 6.45) is 9.93. The van der Waals surface area contributed by atoms with Gasteiger partial charge in [-0.15, -0.1) is 0 Å². The van der Waals surface area contributed by atoms with Crippen molar-refractivity contribution in [2.75, 3.05) is 0 Å². The van der Waals surface area contributed by atoms with E-state index >= 15 is 0 Å². The Morgan fingerprint density at radius 2 is 2.10 bits per heavy atom. The second-order valence-corrected chi connectivity index (χ2v) is 6.02.